The van der Waals surface area contributed by atoms with E-state index in [1.165, 1.54) is 0 Å². The second kappa shape index (κ2) is 10.6. The van der Waals surface area contributed by atoms with E-state index in [1.54, 1.807) is 6.20 Å². The van der Waals surface area contributed by atoms with Gasteiger partial charge in [0.15, 0.2) is 0 Å². The Morgan fingerprint density at radius 1 is 1.32 bits per heavy atom. The lowest BCUT2D eigenvalue weighted by atomic mass is 9.93. The average Bonchev–Trinajstić information content (AvgIpc) is 3.36. The second-order valence-electron chi connectivity index (χ2n) is 9.84. The van der Waals surface area contributed by atoms with Gasteiger partial charge < -0.3 is 25.2 Å². The van der Waals surface area contributed by atoms with Crippen LogP contribution in [0.3, 0.4) is 0 Å². The molecule has 4 rings (SSSR count). The van der Waals surface area contributed by atoms with Gasteiger partial charge in [0.2, 0.25) is 11.9 Å². The van der Waals surface area contributed by atoms with E-state index in [4.69, 9.17) is 9.84 Å². The highest BCUT2D eigenvalue weighted by Crippen LogP contribution is 2.26. The molecule has 186 valence electrons. The Kier molecular flexibility index (Phi) is 7.73. The summed E-state index contributed by atoms with van der Waals surface area (Å²) in [6.45, 7) is 11.0. The van der Waals surface area contributed by atoms with Crippen LogP contribution >= 0.6 is 15.9 Å². The molecule has 1 unspecified atom stereocenters. The van der Waals surface area contributed by atoms with Gasteiger partial charge in [0.25, 0.3) is 0 Å². The van der Waals surface area contributed by atoms with E-state index in [0.29, 0.717) is 50.7 Å². The summed E-state index contributed by atoms with van der Waals surface area (Å²) in [6.07, 6.45) is 5.69. The minimum atomic E-state index is -0.472. The van der Waals surface area contributed by atoms with Gasteiger partial charge in [-0.15, -0.1) is 0 Å². The molecule has 2 fully saturated rings. The maximum Gasteiger partial charge on any atom is 0.230 e. The third-order valence-corrected chi connectivity index (χ3v) is 6.96. The van der Waals surface area contributed by atoms with Gasteiger partial charge in [0.05, 0.1) is 40.5 Å². The predicted molar refractivity (Wildman–Crippen MR) is 135 cm³/mol. The molecule has 0 radical (unpaired) electrons. The molecule has 1 atom stereocenters. The second-order valence-corrected chi connectivity index (χ2v) is 10.7. The minimum Gasteiger partial charge on any atom is -0.379 e. The summed E-state index contributed by atoms with van der Waals surface area (Å²) in [6, 6.07) is 0.399. The van der Waals surface area contributed by atoms with E-state index < -0.39 is 5.41 Å². The molecule has 0 spiro atoms. The number of ether oxygens (including phenoxy) is 1. The van der Waals surface area contributed by atoms with Gasteiger partial charge in [0.1, 0.15) is 5.82 Å². The van der Waals surface area contributed by atoms with Gasteiger partial charge in [-0.3, -0.25) is 9.48 Å². The third-order valence-electron chi connectivity index (χ3n) is 6.38. The summed E-state index contributed by atoms with van der Waals surface area (Å²) in [4.78, 5) is 26.0. The highest BCUT2D eigenvalue weighted by atomic mass is 79.9. The number of likely N-dealkylation sites (N-methyl/N-ethyl adjacent to an activating group) is 1. The van der Waals surface area contributed by atoms with Crippen molar-refractivity contribution >= 4 is 39.3 Å². The fourth-order valence-electron chi connectivity index (χ4n) is 4.37. The van der Waals surface area contributed by atoms with E-state index in [-0.39, 0.29) is 5.91 Å². The SMILES string of the molecule is Cc1nn(C2CCN(C)C2)cc1Nc1ncc(Br)c(NCCCN2CCOCC(C)(C)C2=O)n1. The molecule has 34 heavy (non-hydrogen) atoms. The van der Waals surface area contributed by atoms with E-state index in [1.807, 2.05) is 31.9 Å². The number of hydrogen-bond donors (Lipinski definition) is 2. The first-order valence-electron chi connectivity index (χ1n) is 11.9. The fourth-order valence-corrected chi connectivity index (χ4v) is 4.71. The first-order chi connectivity index (χ1) is 16.2. The van der Waals surface area contributed by atoms with Crippen molar-refractivity contribution in [1.29, 1.82) is 0 Å². The number of rotatable bonds is 8. The number of likely N-dealkylation sites (tertiary alicyclic amines) is 1. The number of anilines is 3. The molecular formula is C23H35BrN8O2. The molecule has 4 heterocycles. The van der Waals surface area contributed by atoms with Crippen LogP contribution in [0.2, 0.25) is 0 Å². The van der Waals surface area contributed by atoms with Crippen LogP contribution in [0.4, 0.5) is 17.5 Å². The number of amides is 1. The molecule has 2 aliphatic rings. The smallest absolute Gasteiger partial charge is 0.230 e. The maximum atomic E-state index is 12.7. The van der Waals surface area contributed by atoms with Crippen LogP contribution in [-0.2, 0) is 9.53 Å². The van der Waals surface area contributed by atoms with Crippen molar-refractivity contribution in [2.45, 2.75) is 39.7 Å². The molecule has 11 heteroatoms. The number of carbonyl (C=O) groups excluding carboxylic acids is 1. The van der Waals surface area contributed by atoms with E-state index >= 15 is 0 Å². The lowest BCUT2D eigenvalue weighted by Gasteiger charge is -2.27. The molecule has 1 amide bonds. The molecule has 0 saturated carbocycles. The Morgan fingerprint density at radius 3 is 2.91 bits per heavy atom. The van der Waals surface area contributed by atoms with Gasteiger partial charge in [-0.1, -0.05) is 0 Å². The number of carbonyl (C=O) groups is 1. The molecule has 0 aliphatic carbocycles. The first-order valence-corrected chi connectivity index (χ1v) is 12.7. The van der Waals surface area contributed by atoms with Crippen molar-refractivity contribution in [1.82, 2.24) is 29.5 Å². The molecule has 10 nitrogen and oxygen atoms in total. The number of nitrogens with zero attached hydrogens (tertiary/aromatic N) is 6. The average molecular weight is 535 g/mol. The monoisotopic (exact) mass is 534 g/mol. The van der Waals surface area contributed by atoms with Crippen molar-refractivity contribution in [3.63, 3.8) is 0 Å². The van der Waals surface area contributed by atoms with Gasteiger partial charge in [-0.05, 0) is 63.1 Å². The number of aryl methyl sites for hydroxylation is 1. The summed E-state index contributed by atoms with van der Waals surface area (Å²) in [5.74, 6) is 1.38. The lowest BCUT2D eigenvalue weighted by molar-refractivity contribution is -0.139. The molecule has 0 bridgehead atoms. The molecule has 2 saturated heterocycles. The van der Waals surface area contributed by atoms with Gasteiger partial charge in [-0.25, -0.2) is 4.98 Å². The topological polar surface area (TPSA) is 100 Å². The van der Waals surface area contributed by atoms with E-state index in [0.717, 1.165) is 41.8 Å². The van der Waals surface area contributed by atoms with Crippen LogP contribution in [0, 0.1) is 12.3 Å². The van der Waals surface area contributed by atoms with Crippen LogP contribution in [0.25, 0.3) is 0 Å². The molecular weight excluding hydrogens is 500 g/mol. The van der Waals surface area contributed by atoms with Gasteiger partial charge >= 0.3 is 0 Å². The van der Waals surface area contributed by atoms with Crippen molar-refractivity contribution in [3.05, 3.63) is 22.6 Å². The number of aromatic nitrogens is 4. The molecule has 2 aromatic rings. The predicted octanol–water partition coefficient (Wildman–Crippen LogP) is 3.05. The van der Waals surface area contributed by atoms with Crippen molar-refractivity contribution in [3.8, 4) is 0 Å². The van der Waals surface area contributed by atoms with Crippen LogP contribution in [0.1, 0.15) is 38.4 Å². The summed E-state index contributed by atoms with van der Waals surface area (Å²) < 4.78 is 8.43. The van der Waals surface area contributed by atoms with Gasteiger partial charge in [0, 0.05) is 38.6 Å². The maximum absolute atomic E-state index is 12.7. The molecule has 2 aliphatic heterocycles. The quantitative estimate of drug-likeness (QED) is 0.498. The fraction of sp³-hybridized carbons (Fsp3) is 0.652. The summed E-state index contributed by atoms with van der Waals surface area (Å²) in [5.41, 5.74) is 1.36. The summed E-state index contributed by atoms with van der Waals surface area (Å²) in [7, 11) is 2.14. The Hall–Kier alpha value is -2.24. The van der Waals surface area contributed by atoms with Crippen molar-refractivity contribution in [2.75, 3.05) is 63.6 Å². The Bertz CT molecular complexity index is 1010. The Balaban J connectivity index is 1.33. The third kappa shape index (κ3) is 5.87. The summed E-state index contributed by atoms with van der Waals surface area (Å²) >= 11 is 3.53. The number of halogens is 1. The molecule has 2 N–H and O–H groups in total. The van der Waals surface area contributed by atoms with Crippen LogP contribution in [0.15, 0.2) is 16.9 Å². The highest BCUT2D eigenvalue weighted by molar-refractivity contribution is 9.10. The Labute approximate surface area is 209 Å². The Morgan fingerprint density at radius 2 is 2.15 bits per heavy atom. The lowest BCUT2D eigenvalue weighted by Crippen LogP contribution is -2.42. The van der Waals surface area contributed by atoms with Gasteiger partial charge in [-0.2, -0.15) is 10.1 Å². The van der Waals surface area contributed by atoms with Crippen molar-refractivity contribution in [2.24, 2.45) is 5.41 Å². The zero-order valence-corrected chi connectivity index (χ0v) is 22.1. The normalized spacial score (nSPS) is 21.0. The largest absolute Gasteiger partial charge is 0.379 e. The van der Waals surface area contributed by atoms with Crippen LogP contribution in [0.5, 0.6) is 0 Å². The molecule has 0 aromatic carbocycles. The van der Waals surface area contributed by atoms with E-state index in [2.05, 4.69) is 53.2 Å². The number of nitrogens with one attached hydrogen (secondary N) is 2. The van der Waals surface area contributed by atoms with Crippen molar-refractivity contribution < 1.29 is 9.53 Å². The summed E-state index contributed by atoms with van der Waals surface area (Å²) in [5, 5.41) is 11.4. The molecule has 2 aromatic heterocycles. The first kappa shape index (κ1) is 24.9. The zero-order valence-electron chi connectivity index (χ0n) is 20.5. The zero-order chi connectivity index (χ0) is 24.3. The minimum absolute atomic E-state index is 0.153. The van der Waals surface area contributed by atoms with Crippen LogP contribution < -0.4 is 10.6 Å². The van der Waals surface area contributed by atoms with Crippen LogP contribution in [-0.4, -0.2) is 88.4 Å². The highest BCUT2D eigenvalue weighted by Gasteiger charge is 2.34. The van der Waals surface area contributed by atoms with E-state index in [9.17, 15) is 4.79 Å². The number of hydrogen-bond acceptors (Lipinski definition) is 8. The standard InChI is InChI=1S/C23H35BrN8O2/c1-16-19(14-32(29-16)17-6-9-30(4)13-17)27-22-26-12-18(24)20(28-22)25-7-5-8-31-10-11-34-15-23(2,3)21(31)33/h12,14,17H,5-11,13,15H2,1-4H3,(H2,25,26,27,28).